The van der Waals surface area contributed by atoms with Crippen molar-refractivity contribution in [3.8, 4) is 5.40 Å². The Morgan fingerprint density at radius 3 is 2.86 bits per heavy atom. The van der Waals surface area contributed by atoms with Gasteiger partial charge in [0.25, 0.3) is 0 Å². The summed E-state index contributed by atoms with van der Waals surface area (Å²) in [7, 11) is 0. The molecule has 1 aromatic heterocycles. The van der Waals surface area contributed by atoms with Gasteiger partial charge in [-0.25, -0.2) is 4.79 Å². The number of carbonyl (C=O) groups excluding carboxylic acids is 3. The van der Waals surface area contributed by atoms with Gasteiger partial charge in [0.1, 0.15) is 10.4 Å². The van der Waals surface area contributed by atoms with Crippen LogP contribution in [0.15, 0.2) is 0 Å². The predicted molar refractivity (Wildman–Crippen MR) is 84.2 cm³/mol. The molecule has 0 saturated carbocycles. The third kappa shape index (κ3) is 3.15. The van der Waals surface area contributed by atoms with Gasteiger partial charge in [0.2, 0.25) is 5.91 Å². The monoisotopic (exact) mass is 338 g/mol. The molecule has 0 fully saturated rings. The number of fused-ring (bicyclic) bond motifs is 1. The Bertz CT molecular complexity index is 675. The highest BCUT2D eigenvalue weighted by Gasteiger charge is 2.35. The van der Waals surface area contributed by atoms with Crippen LogP contribution in [-0.4, -0.2) is 29.5 Å². The van der Waals surface area contributed by atoms with Crippen molar-refractivity contribution in [2.75, 3.05) is 11.9 Å². The number of thioether (sulfide) groups is 1. The van der Waals surface area contributed by atoms with Crippen LogP contribution in [0.4, 0.5) is 5.00 Å². The van der Waals surface area contributed by atoms with Crippen LogP contribution in [-0.2, 0) is 16.0 Å². The Hall–Kier alpha value is -1.85. The molecule has 0 radical (unpaired) electrons. The largest absolute Gasteiger partial charge is 0.462 e. The lowest BCUT2D eigenvalue weighted by Crippen LogP contribution is -2.24. The number of hydrogen-bond acceptors (Lipinski definition) is 7. The van der Waals surface area contributed by atoms with E-state index in [1.54, 1.807) is 6.92 Å². The van der Waals surface area contributed by atoms with Crippen molar-refractivity contribution in [2.24, 2.45) is 0 Å². The quantitative estimate of drug-likeness (QED) is 0.669. The number of ether oxygens (including phenoxy) is 1. The molecule has 1 aliphatic carbocycles. The van der Waals surface area contributed by atoms with Gasteiger partial charge in [0.05, 0.1) is 22.3 Å². The molecular weight excluding hydrogens is 324 g/mol. The van der Waals surface area contributed by atoms with Crippen molar-refractivity contribution >= 4 is 45.8 Å². The van der Waals surface area contributed by atoms with Crippen LogP contribution in [0.3, 0.4) is 0 Å². The first-order chi connectivity index (χ1) is 10.5. The van der Waals surface area contributed by atoms with Crippen LogP contribution in [0, 0.1) is 10.7 Å². The first-order valence-electron chi connectivity index (χ1n) is 6.68. The van der Waals surface area contributed by atoms with E-state index >= 15 is 0 Å². The third-order valence-corrected chi connectivity index (χ3v) is 5.15. The normalized spacial score (nSPS) is 16.6. The Morgan fingerprint density at radius 1 is 1.55 bits per heavy atom. The Labute approximate surface area is 135 Å². The van der Waals surface area contributed by atoms with Crippen molar-refractivity contribution < 1.29 is 19.1 Å². The fourth-order valence-corrected chi connectivity index (χ4v) is 4.24. The summed E-state index contributed by atoms with van der Waals surface area (Å²) in [5, 5.41) is 13.2. The third-order valence-electron chi connectivity index (χ3n) is 3.14. The summed E-state index contributed by atoms with van der Waals surface area (Å²) in [6.07, 6.45) is 0.997. The zero-order valence-corrected chi connectivity index (χ0v) is 13.7. The van der Waals surface area contributed by atoms with E-state index in [0.717, 1.165) is 23.1 Å². The van der Waals surface area contributed by atoms with E-state index in [2.05, 4.69) is 5.32 Å². The summed E-state index contributed by atoms with van der Waals surface area (Å²) in [5.74, 6) is -1.03. The summed E-state index contributed by atoms with van der Waals surface area (Å²) in [5.41, 5.74) is 0.887. The number of ketones is 1. The minimum absolute atomic E-state index is 0.167. The first-order valence-corrected chi connectivity index (χ1v) is 8.38. The van der Waals surface area contributed by atoms with Crippen LogP contribution in [0.25, 0.3) is 0 Å². The number of Topliss-reactive ketones (excluding diaryl/α,β-unsaturated/α-hetero) is 1. The summed E-state index contributed by atoms with van der Waals surface area (Å²) < 4.78 is 5.03. The molecule has 22 heavy (non-hydrogen) atoms. The molecule has 1 unspecified atom stereocenters. The highest BCUT2D eigenvalue weighted by atomic mass is 32.2. The van der Waals surface area contributed by atoms with Crippen molar-refractivity contribution in [3.63, 3.8) is 0 Å². The second-order valence-corrected chi connectivity index (χ2v) is 6.62. The van der Waals surface area contributed by atoms with Gasteiger partial charge in [-0.05, 0) is 37.1 Å². The van der Waals surface area contributed by atoms with Crippen molar-refractivity contribution in [3.05, 3.63) is 16.0 Å². The molecule has 116 valence electrons. The molecule has 1 aliphatic rings. The van der Waals surface area contributed by atoms with E-state index in [1.165, 1.54) is 6.92 Å². The number of nitrogens with zero attached hydrogens (tertiary/aromatic N) is 1. The summed E-state index contributed by atoms with van der Waals surface area (Å²) in [6, 6.07) is 0. The lowest BCUT2D eigenvalue weighted by Gasteiger charge is -2.18. The zero-order valence-electron chi connectivity index (χ0n) is 12.1. The molecule has 1 atom stereocenters. The van der Waals surface area contributed by atoms with Crippen LogP contribution < -0.4 is 5.32 Å². The lowest BCUT2D eigenvalue weighted by atomic mass is 9.94. The summed E-state index contributed by atoms with van der Waals surface area (Å²) in [6.45, 7) is 3.24. The van der Waals surface area contributed by atoms with E-state index in [9.17, 15) is 14.4 Å². The number of carbonyl (C=O) groups is 3. The van der Waals surface area contributed by atoms with Gasteiger partial charge < -0.3 is 10.1 Å². The molecule has 1 N–H and O–H groups in total. The molecule has 2 rings (SSSR count). The molecule has 1 amide bonds. The standard InChI is InChI=1S/C14H14N2O4S2/c1-3-20-14(19)10-8-4-5-9(21-6-15)11(18)12(8)22-13(10)16-7(2)17/h9H,3-5H2,1-2H3,(H,16,17). The molecule has 6 nitrogen and oxygen atoms in total. The second-order valence-electron chi connectivity index (χ2n) is 4.62. The summed E-state index contributed by atoms with van der Waals surface area (Å²) >= 11 is 2.01. The van der Waals surface area contributed by atoms with E-state index in [4.69, 9.17) is 10.00 Å². The molecule has 1 heterocycles. The highest BCUT2D eigenvalue weighted by molar-refractivity contribution is 8.05. The molecule has 0 spiro atoms. The minimum Gasteiger partial charge on any atom is -0.462 e. The lowest BCUT2D eigenvalue weighted by molar-refractivity contribution is -0.114. The second kappa shape index (κ2) is 6.94. The molecule has 0 aromatic carbocycles. The minimum atomic E-state index is -0.539. The van der Waals surface area contributed by atoms with Gasteiger partial charge in [0.15, 0.2) is 5.78 Å². The number of rotatable bonds is 4. The predicted octanol–water partition coefficient (Wildman–Crippen LogP) is 2.59. The number of anilines is 1. The van der Waals surface area contributed by atoms with Crippen molar-refractivity contribution in [1.29, 1.82) is 5.26 Å². The van der Waals surface area contributed by atoms with Crippen LogP contribution in [0.2, 0.25) is 0 Å². The SMILES string of the molecule is CCOC(=O)c1c(NC(C)=O)sc2c1CCC(SC#N)C2=O. The molecule has 1 aromatic rings. The smallest absolute Gasteiger partial charge is 0.341 e. The van der Waals surface area contributed by atoms with Gasteiger partial charge in [-0.15, -0.1) is 11.3 Å². The molecule has 0 aliphatic heterocycles. The first kappa shape index (κ1) is 16.5. The average Bonchev–Trinajstić information content (AvgIpc) is 2.80. The maximum atomic E-state index is 12.4. The fraction of sp³-hybridized carbons (Fsp3) is 0.429. The average molecular weight is 338 g/mol. The number of amides is 1. The van der Waals surface area contributed by atoms with Crippen LogP contribution in [0.5, 0.6) is 0 Å². The number of nitrogens with one attached hydrogen (secondary N) is 1. The number of hydrogen-bond donors (Lipinski definition) is 1. The van der Waals surface area contributed by atoms with Crippen molar-refractivity contribution in [1.82, 2.24) is 0 Å². The maximum Gasteiger partial charge on any atom is 0.341 e. The van der Waals surface area contributed by atoms with E-state index in [-0.39, 0.29) is 23.9 Å². The maximum absolute atomic E-state index is 12.4. The van der Waals surface area contributed by atoms with Crippen LogP contribution in [0.1, 0.15) is 45.9 Å². The molecule has 0 bridgehead atoms. The van der Waals surface area contributed by atoms with E-state index < -0.39 is 11.2 Å². The molecule has 0 saturated heterocycles. The fourth-order valence-electron chi connectivity index (χ4n) is 2.30. The zero-order chi connectivity index (χ0) is 16.3. The van der Waals surface area contributed by atoms with Gasteiger partial charge in [-0.2, -0.15) is 5.26 Å². The Balaban J connectivity index is 2.47. The van der Waals surface area contributed by atoms with E-state index in [0.29, 0.717) is 28.3 Å². The Kier molecular flexibility index (Phi) is 5.21. The van der Waals surface area contributed by atoms with Gasteiger partial charge in [-0.1, -0.05) is 0 Å². The van der Waals surface area contributed by atoms with Crippen LogP contribution >= 0.6 is 23.1 Å². The van der Waals surface area contributed by atoms with E-state index in [1.807, 2.05) is 5.40 Å². The van der Waals surface area contributed by atoms with Crippen molar-refractivity contribution in [2.45, 2.75) is 31.9 Å². The topological polar surface area (TPSA) is 96.3 Å². The van der Waals surface area contributed by atoms with Gasteiger partial charge >= 0.3 is 5.97 Å². The molecular formula is C14H14N2O4S2. The summed E-state index contributed by atoms with van der Waals surface area (Å²) in [4.78, 5) is 36.3. The number of thiocyanates is 1. The Morgan fingerprint density at radius 2 is 2.27 bits per heavy atom. The number of esters is 1. The highest BCUT2D eigenvalue weighted by Crippen LogP contribution is 2.40. The molecule has 8 heteroatoms. The van der Waals surface area contributed by atoms with Gasteiger partial charge in [0, 0.05) is 6.92 Å². The number of nitriles is 1. The number of thiophene rings is 1. The van der Waals surface area contributed by atoms with Gasteiger partial charge in [-0.3, -0.25) is 9.59 Å².